The van der Waals surface area contributed by atoms with Crippen LogP contribution in [0.5, 0.6) is 0 Å². The second-order valence-electron chi connectivity index (χ2n) is 2.54. The lowest BCUT2D eigenvalue weighted by Gasteiger charge is -2.10. The van der Waals surface area contributed by atoms with E-state index in [1.165, 1.54) is 0 Å². The largest absolute Gasteiger partial charge is 0.366 e. The van der Waals surface area contributed by atoms with Crippen molar-refractivity contribution < 1.29 is 14.6 Å². The number of aliphatic hydroxyl groups excluding tert-OH is 1. The first-order valence-corrected chi connectivity index (χ1v) is 3.32. The van der Waals surface area contributed by atoms with E-state index in [4.69, 9.17) is 14.6 Å². The van der Waals surface area contributed by atoms with E-state index in [1.54, 1.807) is 0 Å². The lowest BCUT2D eigenvalue weighted by atomic mass is 10.2. The van der Waals surface area contributed by atoms with Crippen LogP contribution in [0.2, 0.25) is 0 Å². The van der Waals surface area contributed by atoms with Gasteiger partial charge in [-0.2, -0.15) is 0 Å². The third-order valence-corrected chi connectivity index (χ3v) is 1.93. The fraction of sp³-hybridized carbons (Fsp3) is 1.00. The van der Waals surface area contributed by atoms with Gasteiger partial charge < -0.3 is 14.6 Å². The monoisotopic (exact) mass is 130 g/mol. The van der Waals surface area contributed by atoms with E-state index in [0.717, 1.165) is 6.42 Å². The van der Waals surface area contributed by atoms with Crippen LogP contribution < -0.4 is 0 Å². The first kappa shape index (κ1) is 5.65. The minimum absolute atomic E-state index is 0.00468. The Morgan fingerprint density at radius 2 is 2.11 bits per heavy atom. The fourth-order valence-electron chi connectivity index (χ4n) is 1.33. The fourth-order valence-corrected chi connectivity index (χ4v) is 1.33. The second-order valence-corrected chi connectivity index (χ2v) is 2.54. The maximum absolute atomic E-state index is 8.99. The van der Waals surface area contributed by atoms with Gasteiger partial charge in [-0.1, -0.05) is 6.92 Å². The molecule has 3 nitrogen and oxygen atoms in total. The molecule has 0 aromatic heterocycles. The Morgan fingerprint density at radius 1 is 1.33 bits per heavy atom. The van der Waals surface area contributed by atoms with E-state index < -0.39 is 6.29 Å². The van der Waals surface area contributed by atoms with Gasteiger partial charge in [-0.05, 0) is 6.42 Å². The van der Waals surface area contributed by atoms with Crippen molar-refractivity contribution in [1.82, 2.24) is 0 Å². The number of hydrogen-bond acceptors (Lipinski definition) is 3. The highest BCUT2D eigenvalue weighted by Crippen LogP contribution is 2.39. The predicted octanol–water partition coefficient (Wildman–Crippen LogP) is -0.119. The third-order valence-electron chi connectivity index (χ3n) is 1.93. The van der Waals surface area contributed by atoms with E-state index >= 15 is 0 Å². The van der Waals surface area contributed by atoms with Crippen LogP contribution in [0.25, 0.3) is 0 Å². The number of fused-ring (bicyclic) bond motifs is 1. The van der Waals surface area contributed by atoms with E-state index in [9.17, 15) is 0 Å². The first-order valence-electron chi connectivity index (χ1n) is 3.32. The molecule has 2 aliphatic rings. The number of epoxide rings is 1. The quantitative estimate of drug-likeness (QED) is 0.503. The van der Waals surface area contributed by atoms with Gasteiger partial charge in [0.05, 0.1) is 6.10 Å². The van der Waals surface area contributed by atoms with Crippen molar-refractivity contribution in [1.29, 1.82) is 0 Å². The minimum atomic E-state index is -0.653. The summed E-state index contributed by atoms with van der Waals surface area (Å²) in [6.07, 6.45) is 0.614. The summed E-state index contributed by atoms with van der Waals surface area (Å²) >= 11 is 0. The lowest BCUT2D eigenvalue weighted by molar-refractivity contribution is -0.140. The molecule has 1 unspecified atom stereocenters. The maximum Gasteiger partial charge on any atom is 0.184 e. The molecule has 52 valence electrons. The van der Waals surface area contributed by atoms with E-state index in [1.807, 2.05) is 6.92 Å². The zero-order chi connectivity index (χ0) is 6.43. The van der Waals surface area contributed by atoms with E-state index in [-0.39, 0.29) is 18.3 Å². The van der Waals surface area contributed by atoms with Gasteiger partial charge in [0, 0.05) is 0 Å². The van der Waals surface area contributed by atoms with E-state index in [0.29, 0.717) is 0 Å². The van der Waals surface area contributed by atoms with Crippen LogP contribution in [0.3, 0.4) is 0 Å². The van der Waals surface area contributed by atoms with Gasteiger partial charge in [0.15, 0.2) is 6.29 Å². The molecule has 2 saturated heterocycles. The molecule has 0 spiro atoms. The van der Waals surface area contributed by atoms with Crippen LogP contribution in [-0.2, 0) is 9.47 Å². The molecule has 4 atom stereocenters. The molecular weight excluding hydrogens is 120 g/mol. The summed E-state index contributed by atoms with van der Waals surface area (Å²) in [5.41, 5.74) is 0. The van der Waals surface area contributed by atoms with Gasteiger partial charge in [0.2, 0.25) is 0 Å². The predicted molar refractivity (Wildman–Crippen MR) is 29.8 cm³/mol. The summed E-state index contributed by atoms with van der Waals surface area (Å²) in [6, 6.07) is 0. The van der Waals surface area contributed by atoms with Crippen molar-refractivity contribution >= 4 is 0 Å². The molecule has 2 aliphatic heterocycles. The normalized spacial score (nSPS) is 55.3. The minimum Gasteiger partial charge on any atom is -0.366 e. The summed E-state index contributed by atoms with van der Waals surface area (Å²) in [5.74, 6) is 0. The molecule has 2 fully saturated rings. The van der Waals surface area contributed by atoms with Crippen molar-refractivity contribution in [3.63, 3.8) is 0 Å². The number of hydrogen-bond donors (Lipinski definition) is 1. The molecule has 2 rings (SSSR count). The number of ether oxygens (including phenoxy) is 2. The molecule has 0 saturated carbocycles. The maximum atomic E-state index is 8.99. The van der Waals surface area contributed by atoms with Crippen LogP contribution in [0, 0.1) is 0 Å². The molecule has 0 radical (unpaired) electrons. The van der Waals surface area contributed by atoms with Gasteiger partial charge in [-0.15, -0.1) is 0 Å². The summed E-state index contributed by atoms with van der Waals surface area (Å²) in [7, 11) is 0. The van der Waals surface area contributed by atoms with Crippen LogP contribution >= 0.6 is 0 Å². The standard InChI is InChI=1S/C6H10O3/c1-2-3-4-5(9-4)6(7)8-3/h3-7H,2H2,1H3/t3-,4-,5-,6?/m1/s1. The average Bonchev–Trinajstić information content (AvgIpc) is 2.56. The molecule has 0 bridgehead atoms. The third kappa shape index (κ3) is 0.689. The molecule has 1 N–H and O–H groups in total. The molecular formula is C6H10O3. The summed E-state index contributed by atoms with van der Waals surface area (Å²) < 4.78 is 10.2. The second kappa shape index (κ2) is 1.68. The van der Waals surface area contributed by atoms with Crippen LogP contribution in [0.1, 0.15) is 13.3 Å². The molecule has 0 aromatic carbocycles. The Balaban J connectivity index is 2.00. The Hall–Kier alpha value is -0.120. The number of aliphatic hydroxyl groups is 1. The van der Waals surface area contributed by atoms with Crippen LogP contribution in [-0.4, -0.2) is 29.7 Å². The van der Waals surface area contributed by atoms with E-state index in [2.05, 4.69) is 0 Å². The molecule has 9 heavy (non-hydrogen) atoms. The zero-order valence-corrected chi connectivity index (χ0v) is 5.28. The Labute approximate surface area is 53.6 Å². The molecule has 0 aromatic rings. The summed E-state index contributed by atoms with van der Waals surface area (Å²) in [4.78, 5) is 0. The highest BCUT2D eigenvalue weighted by atomic mass is 16.7. The van der Waals surface area contributed by atoms with Gasteiger partial charge in [-0.3, -0.25) is 0 Å². The topological polar surface area (TPSA) is 42.0 Å². The van der Waals surface area contributed by atoms with Crippen molar-refractivity contribution in [2.45, 2.75) is 37.9 Å². The summed E-state index contributed by atoms with van der Waals surface area (Å²) in [5, 5.41) is 8.99. The van der Waals surface area contributed by atoms with Crippen molar-refractivity contribution in [3.8, 4) is 0 Å². The lowest BCUT2D eigenvalue weighted by Crippen LogP contribution is -2.18. The van der Waals surface area contributed by atoms with Gasteiger partial charge in [0.25, 0.3) is 0 Å². The molecule has 0 aliphatic carbocycles. The smallest absolute Gasteiger partial charge is 0.184 e. The summed E-state index contributed by atoms with van der Waals surface area (Å²) in [6.45, 7) is 2.03. The van der Waals surface area contributed by atoms with Gasteiger partial charge in [-0.25, -0.2) is 0 Å². The highest BCUT2D eigenvalue weighted by Gasteiger charge is 2.56. The SMILES string of the molecule is CC[C@H]1OC(O)[C@@H]2O[C@H]12. The van der Waals surface area contributed by atoms with Crippen molar-refractivity contribution in [2.75, 3.05) is 0 Å². The zero-order valence-electron chi connectivity index (χ0n) is 5.28. The Morgan fingerprint density at radius 3 is 2.33 bits per heavy atom. The first-order chi connectivity index (χ1) is 4.33. The van der Waals surface area contributed by atoms with Gasteiger partial charge in [0.1, 0.15) is 12.2 Å². The Kier molecular flexibility index (Phi) is 1.06. The van der Waals surface area contributed by atoms with Crippen LogP contribution in [0.4, 0.5) is 0 Å². The molecule has 2 heterocycles. The van der Waals surface area contributed by atoms with Gasteiger partial charge >= 0.3 is 0 Å². The van der Waals surface area contributed by atoms with Crippen molar-refractivity contribution in [2.24, 2.45) is 0 Å². The van der Waals surface area contributed by atoms with Crippen molar-refractivity contribution in [3.05, 3.63) is 0 Å². The number of rotatable bonds is 1. The molecule has 0 amide bonds. The average molecular weight is 130 g/mol. The molecule has 3 heteroatoms. The Bertz CT molecular complexity index is 125. The highest BCUT2D eigenvalue weighted by molar-refractivity contribution is 4.98. The van der Waals surface area contributed by atoms with Crippen LogP contribution in [0.15, 0.2) is 0 Å².